The number of hydrogen-bond donors (Lipinski definition) is 5. The van der Waals surface area contributed by atoms with E-state index in [1.165, 1.54) is 34.1 Å². The number of rotatable bonds is 21. The predicted octanol–water partition coefficient (Wildman–Crippen LogP) is 11.3. The van der Waals surface area contributed by atoms with Crippen molar-refractivity contribution >= 4 is 58.3 Å². The lowest BCUT2D eigenvalue weighted by atomic mass is 9.58. The van der Waals surface area contributed by atoms with Crippen LogP contribution in [0.25, 0.3) is 0 Å². The number of hydrogen-bond acceptors (Lipinski definition) is 8. The van der Waals surface area contributed by atoms with E-state index >= 15 is 0 Å². The van der Waals surface area contributed by atoms with E-state index in [0.29, 0.717) is 55.4 Å². The minimum atomic E-state index is -0.0729. The van der Waals surface area contributed by atoms with Crippen LogP contribution in [-0.2, 0) is 57.9 Å². The summed E-state index contributed by atoms with van der Waals surface area (Å²) in [4.78, 5) is 87.7. The third-order valence-corrected chi connectivity index (χ3v) is 12.2. The van der Waals surface area contributed by atoms with Crippen molar-refractivity contribution in [1.29, 1.82) is 0 Å². The highest BCUT2D eigenvalue weighted by Gasteiger charge is 2.41. The van der Waals surface area contributed by atoms with Gasteiger partial charge in [0.1, 0.15) is 17.3 Å². The fourth-order valence-corrected chi connectivity index (χ4v) is 9.61. The van der Waals surface area contributed by atoms with Gasteiger partial charge >= 0.3 is 0 Å². The number of nitrogens with one attached hydrogen (secondary N) is 5. The van der Waals surface area contributed by atoms with Crippen LogP contribution in [0.1, 0.15) is 183 Å². The van der Waals surface area contributed by atoms with Gasteiger partial charge in [0.25, 0.3) is 0 Å². The Morgan fingerprint density at radius 3 is 1.44 bits per heavy atom. The summed E-state index contributed by atoms with van der Waals surface area (Å²) in [5, 5.41) is 13.8. The lowest BCUT2D eigenvalue weighted by molar-refractivity contribution is -0.120. The quantitative estimate of drug-likeness (QED) is 0.0695. The summed E-state index contributed by atoms with van der Waals surface area (Å²) >= 11 is 0. The molecule has 3 aromatic carbocycles. The normalized spacial score (nSPS) is 15.9. The van der Waals surface area contributed by atoms with Crippen LogP contribution in [0.5, 0.6) is 0 Å². The summed E-state index contributed by atoms with van der Waals surface area (Å²) in [6, 6.07) is 23.3. The fraction of sp³-hybridized carbons (Fsp3) is 0.559. The van der Waals surface area contributed by atoms with E-state index in [4.69, 9.17) is 0 Å². The number of Topliss-reactive ketones (excluding diaryl/α,β-unsaturated/α-hetero) is 3. The molecule has 0 aromatic heterocycles. The topological polar surface area (TPSA) is 197 Å². The maximum absolute atomic E-state index is 11.3. The Hall–Kier alpha value is -5.98. The molecule has 398 valence electrons. The Morgan fingerprint density at radius 2 is 1.04 bits per heavy atom. The Balaban J connectivity index is 0.000000483. The van der Waals surface area contributed by atoms with Crippen LogP contribution in [0, 0.1) is 28.1 Å². The molecule has 5 amide bonds. The van der Waals surface area contributed by atoms with Gasteiger partial charge in [-0.2, -0.15) is 0 Å². The Morgan fingerprint density at radius 1 is 0.583 bits per heavy atom. The van der Waals surface area contributed by atoms with Gasteiger partial charge in [0.05, 0.1) is 0 Å². The van der Waals surface area contributed by atoms with Crippen molar-refractivity contribution in [2.75, 3.05) is 17.2 Å². The van der Waals surface area contributed by atoms with E-state index in [1.54, 1.807) is 27.7 Å². The van der Waals surface area contributed by atoms with Crippen molar-refractivity contribution in [2.45, 2.75) is 181 Å². The molecule has 0 bridgehead atoms. The van der Waals surface area contributed by atoms with Gasteiger partial charge in [-0.05, 0) is 140 Å². The average Bonchev–Trinajstić information content (AvgIpc) is 3.24. The van der Waals surface area contributed by atoms with E-state index in [9.17, 15) is 38.4 Å². The molecule has 5 N–H and O–H groups in total. The highest BCUT2D eigenvalue weighted by molar-refractivity contribution is 5.89. The summed E-state index contributed by atoms with van der Waals surface area (Å²) in [5.41, 5.74) is 6.63. The second-order valence-corrected chi connectivity index (χ2v) is 22.1. The zero-order valence-electron chi connectivity index (χ0n) is 46.2. The van der Waals surface area contributed by atoms with Gasteiger partial charge in [-0.25, -0.2) is 0 Å². The Kier molecular flexibility index (Phi) is 28.6. The summed E-state index contributed by atoms with van der Waals surface area (Å²) in [6.07, 6.45) is 10.4. The summed E-state index contributed by atoms with van der Waals surface area (Å²) < 4.78 is 0. The third-order valence-electron chi connectivity index (χ3n) is 12.2. The molecule has 1 fully saturated rings. The molecular weight excluding hydrogens is 907 g/mol. The molecule has 0 aliphatic heterocycles. The first-order valence-electron chi connectivity index (χ1n) is 25.5. The van der Waals surface area contributed by atoms with Crippen molar-refractivity contribution in [2.24, 2.45) is 28.1 Å². The fourth-order valence-electron chi connectivity index (χ4n) is 9.61. The first kappa shape index (κ1) is 64.0. The number of carbonyl (C=O) groups is 8. The van der Waals surface area contributed by atoms with Crippen molar-refractivity contribution in [3.8, 4) is 0 Å². The molecule has 13 heteroatoms. The molecule has 1 saturated carbocycles. The smallest absolute Gasteiger partial charge is 0.221 e. The molecule has 1 aliphatic rings. The van der Waals surface area contributed by atoms with Crippen LogP contribution in [0.2, 0.25) is 0 Å². The van der Waals surface area contributed by atoms with Crippen molar-refractivity contribution in [1.82, 2.24) is 16.0 Å². The third kappa shape index (κ3) is 32.1. The molecule has 72 heavy (non-hydrogen) atoms. The maximum Gasteiger partial charge on any atom is 0.221 e. The van der Waals surface area contributed by atoms with Gasteiger partial charge in [0.15, 0.2) is 0 Å². The van der Waals surface area contributed by atoms with E-state index in [0.717, 1.165) is 85.1 Å². The summed E-state index contributed by atoms with van der Waals surface area (Å²) in [6.45, 7) is 27.7. The standard InChI is InChI=1S/C17H18N2O2.C16H28O2.C14H27NO2.C12H16N2O2/c1-12(20)18-16-7-3-14(4-8-16)11-15-5-9-17(10-6-15)19-13(2)21;1-12(17)6-7-16(5)10-14(8-13(2)18)9-15(3,4)11-16;1-11(7-6-8-12(2)16)9-14(4,5)10-15-13(3)17;1-9(15)13-7-11-4-3-5-12(6-11)8-14-10(2)16/h3-10H,11H2,1-2H3,(H,18,20)(H,19,21);14H,6-11H2,1-5H3;11H,6-10H2,1-5H3,(H,15,17);3-6H,7-8H2,1-2H3,(H,13,15)(H,14,16). The average molecular weight is 996 g/mol. The highest BCUT2D eigenvalue weighted by atomic mass is 16.2. The number of amides is 5. The van der Waals surface area contributed by atoms with Gasteiger partial charge in [-0.1, -0.05) is 96.5 Å². The molecule has 0 spiro atoms. The molecule has 1 aliphatic carbocycles. The van der Waals surface area contributed by atoms with E-state index in [2.05, 4.69) is 68.1 Å². The van der Waals surface area contributed by atoms with Crippen LogP contribution in [-0.4, -0.2) is 53.4 Å². The second kappa shape index (κ2) is 32.2. The van der Waals surface area contributed by atoms with E-state index in [1.807, 2.05) is 72.8 Å². The Labute approximate surface area is 432 Å². The summed E-state index contributed by atoms with van der Waals surface area (Å²) in [7, 11) is 0. The molecule has 0 saturated heterocycles. The lowest BCUT2D eigenvalue weighted by Gasteiger charge is -2.47. The number of ketones is 3. The van der Waals surface area contributed by atoms with Crippen molar-refractivity contribution in [3.05, 3.63) is 95.1 Å². The zero-order valence-corrected chi connectivity index (χ0v) is 46.2. The molecule has 13 nitrogen and oxygen atoms in total. The SMILES string of the molecule is CC(=O)CCC1(C)CC(CC(C)=O)CC(C)(C)C1.CC(=O)CCCC(C)CC(C)(C)CNC(C)=O.CC(=O)NCc1cccc(CNC(C)=O)c1.CC(=O)Nc1ccc(Cc2ccc(NC(C)=O)cc2)cc1. The minimum absolute atomic E-state index is 0.0299. The predicted molar refractivity (Wildman–Crippen MR) is 291 cm³/mol. The molecule has 4 rings (SSSR count). The molecule has 3 unspecified atom stereocenters. The minimum Gasteiger partial charge on any atom is -0.356 e. The van der Waals surface area contributed by atoms with Gasteiger partial charge in [0, 0.05) is 84.9 Å². The first-order valence-corrected chi connectivity index (χ1v) is 25.5. The maximum atomic E-state index is 11.3. The lowest BCUT2D eigenvalue weighted by Crippen LogP contribution is -2.36. The molecular formula is C59H89N5O8. The molecule has 3 aromatic rings. The van der Waals surface area contributed by atoms with Crippen LogP contribution in [0.15, 0.2) is 72.8 Å². The number of carbonyl (C=O) groups excluding carboxylic acids is 8. The van der Waals surface area contributed by atoms with E-state index < -0.39 is 0 Å². The van der Waals surface area contributed by atoms with Crippen LogP contribution < -0.4 is 26.6 Å². The Bertz CT molecular complexity index is 2130. The van der Waals surface area contributed by atoms with Crippen LogP contribution >= 0.6 is 0 Å². The van der Waals surface area contributed by atoms with Crippen molar-refractivity contribution in [3.63, 3.8) is 0 Å². The van der Waals surface area contributed by atoms with Crippen molar-refractivity contribution < 1.29 is 38.4 Å². The largest absolute Gasteiger partial charge is 0.356 e. The monoisotopic (exact) mass is 996 g/mol. The van der Waals surface area contributed by atoms with E-state index in [-0.39, 0.29) is 51.9 Å². The second-order valence-electron chi connectivity index (χ2n) is 22.1. The molecule has 3 atom stereocenters. The van der Waals surface area contributed by atoms with Crippen LogP contribution in [0.4, 0.5) is 11.4 Å². The number of anilines is 2. The zero-order chi connectivity index (χ0) is 54.7. The highest BCUT2D eigenvalue weighted by Crippen LogP contribution is 2.51. The van der Waals surface area contributed by atoms with Gasteiger partial charge in [-0.15, -0.1) is 0 Å². The van der Waals surface area contributed by atoms with Gasteiger partial charge in [-0.3, -0.25) is 24.0 Å². The first-order chi connectivity index (χ1) is 33.4. The number of benzene rings is 3. The molecule has 0 heterocycles. The summed E-state index contributed by atoms with van der Waals surface area (Å²) in [5.74, 6) is 1.74. The van der Waals surface area contributed by atoms with Crippen LogP contribution in [0.3, 0.4) is 0 Å². The molecule has 0 radical (unpaired) electrons. The van der Waals surface area contributed by atoms with Gasteiger partial charge in [0.2, 0.25) is 29.5 Å². The van der Waals surface area contributed by atoms with Gasteiger partial charge < -0.3 is 41.0 Å².